The molecule has 1 N–H and O–H groups in total. The Balaban J connectivity index is 2.76. The minimum atomic E-state index is -0.190. The van der Waals surface area contributed by atoms with Crippen LogP contribution in [0.5, 0.6) is 0 Å². The first-order valence-electron chi connectivity index (χ1n) is 5.15. The van der Waals surface area contributed by atoms with Crippen molar-refractivity contribution >= 4 is 37.8 Å². The second-order valence-corrected chi connectivity index (χ2v) is 5.49. The molecule has 88 valence electrons. The second kappa shape index (κ2) is 5.82. The molecule has 0 bridgehead atoms. The minimum absolute atomic E-state index is 0.0312. The predicted octanol–water partition coefficient (Wildman–Crippen LogP) is 3.74. The third-order valence-electron chi connectivity index (χ3n) is 2.60. The van der Waals surface area contributed by atoms with Crippen LogP contribution in [0.25, 0.3) is 0 Å². The molecule has 0 saturated carbocycles. The number of carbonyl (C=O) groups excluding carboxylic acids is 1. The third kappa shape index (κ3) is 3.59. The third-order valence-corrected chi connectivity index (χ3v) is 4.36. The Morgan fingerprint density at radius 3 is 2.38 bits per heavy atom. The summed E-state index contributed by atoms with van der Waals surface area (Å²) in [6.07, 6.45) is 0.889. The van der Waals surface area contributed by atoms with E-state index in [-0.39, 0.29) is 11.4 Å². The first-order valence-corrected chi connectivity index (χ1v) is 7.06. The highest BCUT2D eigenvalue weighted by atomic mass is 79.9. The highest BCUT2D eigenvalue weighted by Gasteiger charge is 2.23. The van der Waals surface area contributed by atoms with Crippen LogP contribution in [0.1, 0.15) is 30.6 Å². The van der Waals surface area contributed by atoms with Gasteiger partial charge in [-0.05, 0) is 37.6 Å². The largest absolute Gasteiger partial charge is 0.346 e. The number of benzene rings is 1. The Hall–Kier alpha value is -0.350. The Kier molecular flexibility index (Phi) is 4.99. The average molecular weight is 349 g/mol. The van der Waals surface area contributed by atoms with E-state index in [0.717, 1.165) is 16.2 Å². The molecule has 1 unspecified atom stereocenters. The van der Waals surface area contributed by atoms with Gasteiger partial charge in [0.15, 0.2) is 0 Å². The van der Waals surface area contributed by atoms with Crippen LogP contribution in [-0.4, -0.2) is 16.8 Å². The van der Waals surface area contributed by atoms with E-state index < -0.39 is 0 Å². The minimum Gasteiger partial charge on any atom is -0.346 e. The van der Waals surface area contributed by atoms with Crippen molar-refractivity contribution in [1.82, 2.24) is 5.32 Å². The van der Waals surface area contributed by atoms with Gasteiger partial charge in [-0.1, -0.05) is 38.8 Å². The molecule has 1 rings (SSSR count). The molecule has 1 aromatic rings. The van der Waals surface area contributed by atoms with E-state index in [1.807, 2.05) is 31.2 Å². The van der Waals surface area contributed by atoms with Gasteiger partial charge in [-0.3, -0.25) is 4.79 Å². The van der Waals surface area contributed by atoms with Crippen LogP contribution in [0.3, 0.4) is 0 Å². The molecule has 16 heavy (non-hydrogen) atoms. The fourth-order valence-electron chi connectivity index (χ4n) is 1.16. The zero-order valence-electron chi connectivity index (χ0n) is 9.39. The fourth-order valence-corrected chi connectivity index (χ4v) is 1.96. The average Bonchev–Trinajstić information content (AvgIpc) is 2.29. The van der Waals surface area contributed by atoms with Crippen molar-refractivity contribution in [3.8, 4) is 0 Å². The van der Waals surface area contributed by atoms with E-state index >= 15 is 0 Å². The zero-order valence-corrected chi connectivity index (χ0v) is 12.6. The highest BCUT2D eigenvalue weighted by molar-refractivity contribution is 9.10. The Morgan fingerprint density at radius 1 is 1.38 bits per heavy atom. The molecule has 1 aromatic carbocycles. The van der Waals surface area contributed by atoms with Crippen LogP contribution in [0.15, 0.2) is 28.7 Å². The SMILES string of the molecule is CCC(C)(CBr)NC(=O)c1ccc(Br)cc1. The van der Waals surface area contributed by atoms with Gasteiger partial charge in [-0.25, -0.2) is 0 Å². The maximum absolute atomic E-state index is 11.9. The monoisotopic (exact) mass is 347 g/mol. The molecule has 0 aliphatic heterocycles. The molecule has 0 saturated heterocycles. The summed E-state index contributed by atoms with van der Waals surface area (Å²) in [6, 6.07) is 7.35. The summed E-state index contributed by atoms with van der Waals surface area (Å²) in [5.41, 5.74) is 0.494. The number of nitrogens with one attached hydrogen (secondary N) is 1. The first kappa shape index (κ1) is 13.7. The Morgan fingerprint density at radius 2 is 1.94 bits per heavy atom. The zero-order chi connectivity index (χ0) is 12.2. The van der Waals surface area contributed by atoms with Crippen molar-refractivity contribution in [2.24, 2.45) is 0 Å². The van der Waals surface area contributed by atoms with Gasteiger partial charge < -0.3 is 5.32 Å². The van der Waals surface area contributed by atoms with Gasteiger partial charge in [0, 0.05) is 20.9 Å². The van der Waals surface area contributed by atoms with Gasteiger partial charge in [0.1, 0.15) is 0 Å². The molecule has 0 aliphatic rings. The van der Waals surface area contributed by atoms with Crippen LogP contribution in [0, 0.1) is 0 Å². The summed E-state index contributed by atoms with van der Waals surface area (Å²) in [7, 11) is 0. The summed E-state index contributed by atoms with van der Waals surface area (Å²) in [4.78, 5) is 11.9. The van der Waals surface area contributed by atoms with Crippen molar-refractivity contribution in [3.05, 3.63) is 34.3 Å². The van der Waals surface area contributed by atoms with Gasteiger partial charge >= 0.3 is 0 Å². The van der Waals surface area contributed by atoms with Gasteiger partial charge in [-0.2, -0.15) is 0 Å². The topological polar surface area (TPSA) is 29.1 Å². The van der Waals surface area contributed by atoms with Crippen molar-refractivity contribution in [3.63, 3.8) is 0 Å². The molecule has 4 heteroatoms. The van der Waals surface area contributed by atoms with E-state index in [1.54, 1.807) is 0 Å². The molecule has 1 atom stereocenters. The van der Waals surface area contributed by atoms with Crippen molar-refractivity contribution in [2.45, 2.75) is 25.8 Å². The molecule has 1 amide bonds. The molecule has 0 aliphatic carbocycles. The molecular weight excluding hydrogens is 334 g/mol. The Labute approximate surface area is 113 Å². The number of halogens is 2. The smallest absolute Gasteiger partial charge is 0.251 e. The van der Waals surface area contributed by atoms with Crippen molar-refractivity contribution in [2.75, 3.05) is 5.33 Å². The normalized spacial score (nSPS) is 14.2. The van der Waals surface area contributed by atoms with Crippen LogP contribution in [0.2, 0.25) is 0 Å². The number of hydrogen-bond acceptors (Lipinski definition) is 1. The number of hydrogen-bond donors (Lipinski definition) is 1. The molecule has 0 heterocycles. The van der Waals surface area contributed by atoms with Gasteiger partial charge in [0.25, 0.3) is 5.91 Å². The number of carbonyl (C=O) groups is 1. The molecule has 0 fully saturated rings. The van der Waals surface area contributed by atoms with Crippen LogP contribution >= 0.6 is 31.9 Å². The first-order chi connectivity index (χ1) is 7.50. The Bertz CT molecular complexity index is 358. The molecular formula is C12H15Br2NO. The van der Waals surface area contributed by atoms with Crippen molar-refractivity contribution in [1.29, 1.82) is 0 Å². The quantitative estimate of drug-likeness (QED) is 0.825. The lowest BCUT2D eigenvalue weighted by atomic mass is 10.0. The molecule has 0 aromatic heterocycles. The molecule has 0 spiro atoms. The van der Waals surface area contributed by atoms with Crippen LogP contribution < -0.4 is 5.32 Å². The van der Waals surface area contributed by atoms with E-state index in [0.29, 0.717) is 5.56 Å². The maximum Gasteiger partial charge on any atom is 0.251 e. The van der Waals surface area contributed by atoms with E-state index in [2.05, 4.69) is 44.1 Å². The lowest BCUT2D eigenvalue weighted by Crippen LogP contribution is -2.46. The number of rotatable bonds is 4. The fraction of sp³-hybridized carbons (Fsp3) is 0.417. The van der Waals surface area contributed by atoms with E-state index in [1.165, 1.54) is 0 Å². The highest BCUT2D eigenvalue weighted by Crippen LogP contribution is 2.15. The number of alkyl halides is 1. The van der Waals surface area contributed by atoms with Gasteiger partial charge in [0.05, 0.1) is 0 Å². The summed E-state index contributed by atoms with van der Waals surface area (Å²) >= 11 is 6.77. The summed E-state index contributed by atoms with van der Waals surface area (Å²) in [6.45, 7) is 4.08. The lowest BCUT2D eigenvalue weighted by Gasteiger charge is -2.27. The van der Waals surface area contributed by atoms with Crippen LogP contribution in [0.4, 0.5) is 0 Å². The molecule has 0 radical (unpaired) electrons. The summed E-state index contributed by atoms with van der Waals surface area (Å²) < 4.78 is 0.975. The molecule has 2 nitrogen and oxygen atoms in total. The maximum atomic E-state index is 11.9. The van der Waals surface area contributed by atoms with Crippen molar-refractivity contribution < 1.29 is 4.79 Å². The summed E-state index contributed by atoms with van der Waals surface area (Å²) in [5.74, 6) is -0.0312. The predicted molar refractivity (Wildman–Crippen MR) is 74.1 cm³/mol. The summed E-state index contributed by atoms with van der Waals surface area (Å²) in [5, 5.41) is 3.78. The lowest BCUT2D eigenvalue weighted by molar-refractivity contribution is 0.0913. The van der Waals surface area contributed by atoms with Gasteiger partial charge in [-0.15, -0.1) is 0 Å². The van der Waals surface area contributed by atoms with Gasteiger partial charge in [0.2, 0.25) is 0 Å². The van der Waals surface area contributed by atoms with E-state index in [9.17, 15) is 4.79 Å². The van der Waals surface area contributed by atoms with Crippen LogP contribution in [-0.2, 0) is 0 Å². The van der Waals surface area contributed by atoms with E-state index in [4.69, 9.17) is 0 Å². The number of amides is 1. The standard InChI is InChI=1S/C12H15Br2NO/c1-3-12(2,8-13)15-11(16)9-4-6-10(14)7-5-9/h4-7H,3,8H2,1-2H3,(H,15,16). The second-order valence-electron chi connectivity index (χ2n) is 4.01.